The Balaban J connectivity index is 1.41. The van der Waals surface area contributed by atoms with Gasteiger partial charge in [0.05, 0.1) is 12.9 Å². The standard InChI is InChI=1S/C21H21N3O3S/c1-14-5-10-18-16(12-14)4-3-11-24(18)19(25)13-28-21-23-22-20(27-21)15-6-8-17(26-2)9-7-15/h5-10,12H,3-4,11,13H2,1-2H3. The number of carbonyl (C=O) groups excluding carboxylic acids is 1. The van der Waals surface area contributed by atoms with Crippen molar-refractivity contribution < 1.29 is 13.9 Å². The maximum absolute atomic E-state index is 12.8. The molecule has 0 N–H and O–H groups in total. The lowest BCUT2D eigenvalue weighted by molar-refractivity contribution is -0.116. The van der Waals surface area contributed by atoms with Crippen LogP contribution >= 0.6 is 11.8 Å². The molecular formula is C21H21N3O3S. The van der Waals surface area contributed by atoms with Gasteiger partial charge in [-0.1, -0.05) is 29.5 Å². The van der Waals surface area contributed by atoms with Gasteiger partial charge in [-0.3, -0.25) is 4.79 Å². The molecule has 0 fully saturated rings. The Morgan fingerprint density at radius 2 is 2.04 bits per heavy atom. The maximum atomic E-state index is 12.8. The van der Waals surface area contributed by atoms with Gasteiger partial charge in [0, 0.05) is 17.8 Å². The van der Waals surface area contributed by atoms with Crippen molar-refractivity contribution in [2.24, 2.45) is 0 Å². The molecule has 2 heterocycles. The van der Waals surface area contributed by atoms with Crippen LogP contribution < -0.4 is 9.64 Å². The first-order chi connectivity index (χ1) is 13.6. The highest BCUT2D eigenvalue weighted by molar-refractivity contribution is 7.99. The predicted octanol–water partition coefficient (Wildman–Crippen LogP) is 4.13. The lowest BCUT2D eigenvalue weighted by atomic mass is 10.00. The number of anilines is 1. The van der Waals surface area contributed by atoms with Crippen molar-refractivity contribution in [1.82, 2.24) is 10.2 Å². The smallest absolute Gasteiger partial charge is 0.277 e. The summed E-state index contributed by atoms with van der Waals surface area (Å²) in [5.41, 5.74) is 4.29. The summed E-state index contributed by atoms with van der Waals surface area (Å²) in [6, 6.07) is 13.7. The number of aryl methyl sites for hydroxylation is 2. The van der Waals surface area contributed by atoms with Crippen molar-refractivity contribution in [1.29, 1.82) is 0 Å². The minimum Gasteiger partial charge on any atom is -0.497 e. The second-order valence-corrected chi connectivity index (χ2v) is 7.60. The normalized spacial score (nSPS) is 13.3. The molecule has 144 valence electrons. The number of ether oxygens (including phenoxy) is 1. The van der Waals surface area contributed by atoms with E-state index in [0.29, 0.717) is 11.1 Å². The van der Waals surface area contributed by atoms with Crippen LogP contribution in [-0.2, 0) is 11.2 Å². The van der Waals surface area contributed by atoms with Crippen LogP contribution in [0.4, 0.5) is 5.69 Å². The Morgan fingerprint density at radius 3 is 2.82 bits per heavy atom. The number of thioether (sulfide) groups is 1. The first-order valence-corrected chi connectivity index (χ1v) is 10.1. The number of benzene rings is 2. The molecule has 0 unspecified atom stereocenters. The summed E-state index contributed by atoms with van der Waals surface area (Å²) in [5.74, 6) is 1.51. The van der Waals surface area contributed by atoms with Gasteiger partial charge in [0.2, 0.25) is 11.8 Å². The first kappa shape index (κ1) is 18.6. The van der Waals surface area contributed by atoms with E-state index in [4.69, 9.17) is 9.15 Å². The predicted molar refractivity (Wildman–Crippen MR) is 109 cm³/mol. The second-order valence-electron chi connectivity index (χ2n) is 6.67. The van der Waals surface area contributed by atoms with Gasteiger partial charge < -0.3 is 14.1 Å². The van der Waals surface area contributed by atoms with Crippen LogP contribution in [0.1, 0.15) is 17.5 Å². The topological polar surface area (TPSA) is 68.5 Å². The Morgan fingerprint density at radius 1 is 1.21 bits per heavy atom. The van der Waals surface area contributed by atoms with E-state index in [1.54, 1.807) is 7.11 Å². The number of hydrogen-bond acceptors (Lipinski definition) is 6. The Kier molecular flexibility index (Phi) is 5.34. The van der Waals surface area contributed by atoms with E-state index in [1.807, 2.05) is 35.2 Å². The fourth-order valence-electron chi connectivity index (χ4n) is 3.30. The fraction of sp³-hybridized carbons (Fsp3) is 0.286. The van der Waals surface area contributed by atoms with E-state index < -0.39 is 0 Å². The molecule has 6 nitrogen and oxygen atoms in total. The largest absolute Gasteiger partial charge is 0.497 e. The third-order valence-electron chi connectivity index (χ3n) is 4.72. The van der Waals surface area contributed by atoms with Gasteiger partial charge >= 0.3 is 0 Å². The molecule has 0 saturated heterocycles. The Hall–Kier alpha value is -2.80. The molecule has 0 bridgehead atoms. The minimum atomic E-state index is 0.0546. The lowest BCUT2D eigenvalue weighted by Crippen LogP contribution is -2.36. The van der Waals surface area contributed by atoms with Crippen LogP contribution in [0.3, 0.4) is 0 Å². The van der Waals surface area contributed by atoms with Gasteiger partial charge in [-0.2, -0.15) is 0 Å². The molecule has 0 radical (unpaired) electrons. The molecule has 1 amide bonds. The summed E-state index contributed by atoms with van der Waals surface area (Å²) in [5, 5.41) is 8.52. The highest BCUT2D eigenvalue weighted by Crippen LogP contribution is 2.30. The number of nitrogens with zero attached hydrogens (tertiary/aromatic N) is 3. The van der Waals surface area contributed by atoms with Crippen LogP contribution in [0.15, 0.2) is 52.1 Å². The number of aromatic nitrogens is 2. The molecule has 0 saturated carbocycles. The molecule has 0 spiro atoms. The second kappa shape index (κ2) is 8.06. The summed E-state index contributed by atoms with van der Waals surface area (Å²) in [6.07, 6.45) is 2.00. The molecule has 4 rings (SSSR count). The van der Waals surface area contributed by atoms with E-state index in [2.05, 4.69) is 29.3 Å². The summed E-state index contributed by atoms with van der Waals surface area (Å²) in [6.45, 7) is 2.82. The summed E-state index contributed by atoms with van der Waals surface area (Å²) >= 11 is 1.27. The third kappa shape index (κ3) is 3.89. The SMILES string of the molecule is COc1ccc(-c2nnc(SCC(=O)N3CCCc4cc(C)ccc43)o2)cc1. The number of amides is 1. The molecule has 0 atom stereocenters. The van der Waals surface area contributed by atoms with Crippen LogP contribution in [0.25, 0.3) is 11.5 Å². The fourth-order valence-corrected chi connectivity index (χ4v) is 3.94. The van der Waals surface area contributed by atoms with Crippen molar-refractivity contribution in [2.45, 2.75) is 25.0 Å². The van der Waals surface area contributed by atoms with Crippen molar-refractivity contribution >= 4 is 23.4 Å². The lowest BCUT2D eigenvalue weighted by Gasteiger charge is -2.29. The number of fused-ring (bicyclic) bond motifs is 1. The highest BCUT2D eigenvalue weighted by atomic mass is 32.2. The van der Waals surface area contributed by atoms with Crippen molar-refractivity contribution in [3.63, 3.8) is 0 Å². The third-order valence-corrected chi connectivity index (χ3v) is 5.52. The Bertz CT molecular complexity index is 985. The van der Waals surface area contributed by atoms with Crippen LogP contribution in [0.5, 0.6) is 5.75 Å². The molecule has 3 aromatic rings. The van der Waals surface area contributed by atoms with Gasteiger partial charge in [-0.15, -0.1) is 10.2 Å². The molecular weight excluding hydrogens is 374 g/mol. The Labute approximate surface area is 167 Å². The van der Waals surface area contributed by atoms with E-state index in [9.17, 15) is 4.79 Å². The monoisotopic (exact) mass is 395 g/mol. The number of hydrogen-bond donors (Lipinski definition) is 0. The number of rotatable bonds is 5. The van der Waals surface area contributed by atoms with Crippen molar-refractivity contribution in [2.75, 3.05) is 24.3 Å². The minimum absolute atomic E-state index is 0.0546. The number of carbonyl (C=O) groups is 1. The molecule has 2 aromatic carbocycles. The maximum Gasteiger partial charge on any atom is 0.277 e. The van der Waals surface area contributed by atoms with Crippen LogP contribution in [0, 0.1) is 6.92 Å². The molecule has 1 aliphatic rings. The summed E-state index contributed by atoms with van der Waals surface area (Å²) < 4.78 is 10.8. The molecule has 28 heavy (non-hydrogen) atoms. The highest BCUT2D eigenvalue weighted by Gasteiger charge is 2.23. The average Bonchev–Trinajstić information content (AvgIpc) is 3.20. The van der Waals surface area contributed by atoms with E-state index in [0.717, 1.165) is 36.4 Å². The van der Waals surface area contributed by atoms with E-state index in [-0.39, 0.29) is 11.7 Å². The summed E-state index contributed by atoms with van der Waals surface area (Å²) in [4.78, 5) is 14.6. The molecule has 0 aliphatic carbocycles. The molecule has 1 aromatic heterocycles. The van der Waals surface area contributed by atoms with Crippen LogP contribution in [0.2, 0.25) is 0 Å². The zero-order chi connectivity index (χ0) is 19.5. The van der Waals surface area contributed by atoms with E-state index in [1.165, 1.54) is 22.9 Å². The number of methoxy groups -OCH3 is 1. The molecule has 1 aliphatic heterocycles. The zero-order valence-corrected chi connectivity index (χ0v) is 16.7. The first-order valence-electron chi connectivity index (χ1n) is 9.14. The van der Waals surface area contributed by atoms with E-state index >= 15 is 0 Å². The van der Waals surface area contributed by atoms with Crippen molar-refractivity contribution in [3.05, 3.63) is 53.6 Å². The summed E-state index contributed by atoms with van der Waals surface area (Å²) in [7, 11) is 1.62. The quantitative estimate of drug-likeness (QED) is 0.605. The van der Waals surface area contributed by atoms with Gasteiger partial charge in [0.15, 0.2) is 0 Å². The van der Waals surface area contributed by atoms with Gasteiger partial charge in [-0.05, 0) is 55.7 Å². The molecule has 7 heteroatoms. The van der Waals surface area contributed by atoms with Gasteiger partial charge in [0.1, 0.15) is 5.75 Å². The average molecular weight is 395 g/mol. The zero-order valence-electron chi connectivity index (χ0n) is 15.8. The van der Waals surface area contributed by atoms with Gasteiger partial charge in [-0.25, -0.2) is 0 Å². The van der Waals surface area contributed by atoms with Crippen molar-refractivity contribution in [3.8, 4) is 17.2 Å². The van der Waals surface area contributed by atoms with Crippen LogP contribution in [-0.4, -0.2) is 35.5 Å². The van der Waals surface area contributed by atoms with Gasteiger partial charge in [0.25, 0.3) is 5.22 Å².